The summed E-state index contributed by atoms with van der Waals surface area (Å²) in [7, 11) is 3.04. The number of carbonyl (C=O) groups is 1. The molecule has 0 aliphatic heterocycles. The molecular formula is C16H16ClNO3. The van der Waals surface area contributed by atoms with Gasteiger partial charge in [0.2, 0.25) is 5.91 Å². The average Bonchev–Trinajstić information content (AvgIpc) is 2.49. The molecule has 1 amide bonds. The lowest BCUT2D eigenvalue weighted by molar-refractivity contribution is -0.115. The zero-order valence-corrected chi connectivity index (χ0v) is 12.6. The summed E-state index contributed by atoms with van der Waals surface area (Å²) < 4.78 is 10.4. The topological polar surface area (TPSA) is 47.6 Å². The average molecular weight is 306 g/mol. The summed E-state index contributed by atoms with van der Waals surface area (Å²) in [5, 5.41) is 3.24. The molecule has 0 fully saturated rings. The quantitative estimate of drug-likeness (QED) is 0.919. The number of carbonyl (C=O) groups excluding carboxylic acids is 1. The SMILES string of the molecule is COc1cc(NC(=O)Cc2ccccc2)c(OC)cc1Cl. The van der Waals surface area contributed by atoms with Crippen LogP contribution in [0.15, 0.2) is 42.5 Å². The summed E-state index contributed by atoms with van der Waals surface area (Å²) in [6, 6.07) is 12.8. The van der Waals surface area contributed by atoms with Crippen LogP contribution in [0.25, 0.3) is 0 Å². The minimum absolute atomic E-state index is 0.135. The molecule has 21 heavy (non-hydrogen) atoms. The van der Waals surface area contributed by atoms with Crippen molar-refractivity contribution in [3.05, 3.63) is 53.1 Å². The summed E-state index contributed by atoms with van der Waals surface area (Å²) >= 11 is 6.03. The van der Waals surface area contributed by atoms with Crippen LogP contribution in [0.4, 0.5) is 5.69 Å². The molecule has 0 bridgehead atoms. The molecule has 0 radical (unpaired) electrons. The van der Waals surface area contributed by atoms with Crippen LogP contribution < -0.4 is 14.8 Å². The van der Waals surface area contributed by atoms with Crippen molar-refractivity contribution in [2.24, 2.45) is 0 Å². The number of hydrogen-bond acceptors (Lipinski definition) is 3. The van der Waals surface area contributed by atoms with E-state index in [4.69, 9.17) is 21.1 Å². The second-order valence-corrected chi connectivity index (χ2v) is 4.80. The molecule has 0 saturated carbocycles. The molecule has 5 heteroatoms. The van der Waals surface area contributed by atoms with Gasteiger partial charge in [0.1, 0.15) is 11.5 Å². The smallest absolute Gasteiger partial charge is 0.228 e. The van der Waals surface area contributed by atoms with Crippen LogP contribution in [-0.2, 0) is 11.2 Å². The molecule has 1 N–H and O–H groups in total. The molecule has 0 spiro atoms. The Balaban J connectivity index is 2.16. The van der Waals surface area contributed by atoms with E-state index in [1.165, 1.54) is 14.2 Å². The predicted molar refractivity (Wildman–Crippen MR) is 83.3 cm³/mol. The first-order valence-electron chi connectivity index (χ1n) is 6.39. The monoisotopic (exact) mass is 305 g/mol. The van der Waals surface area contributed by atoms with Crippen molar-refractivity contribution in [2.75, 3.05) is 19.5 Å². The maximum atomic E-state index is 12.1. The van der Waals surface area contributed by atoms with Gasteiger partial charge in [-0.15, -0.1) is 0 Å². The summed E-state index contributed by atoms with van der Waals surface area (Å²) in [6.07, 6.45) is 0.287. The van der Waals surface area contributed by atoms with Crippen molar-refractivity contribution >= 4 is 23.2 Å². The minimum Gasteiger partial charge on any atom is -0.495 e. The Kier molecular flexibility index (Phi) is 5.06. The summed E-state index contributed by atoms with van der Waals surface area (Å²) in [5.41, 5.74) is 1.47. The maximum Gasteiger partial charge on any atom is 0.228 e. The summed E-state index contributed by atoms with van der Waals surface area (Å²) in [6.45, 7) is 0. The van der Waals surface area contributed by atoms with E-state index in [2.05, 4.69) is 5.32 Å². The van der Waals surface area contributed by atoms with Gasteiger partial charge in [0.15, 0.2) is 0 Å². The van der Waals surface area contributed by atoms with Gasteiger partial charge in [0.25, 0.3) is 0 Å². The van der Waals surface area contributed by atoms with Gasteiger partial charge in [-0.2, -0.15) is 0 Å². The number of ether oxygens (including phenoxy) is 2. The highest BCUT2D eigenvalue weighted by atomic mass is 35.5. The molecule has 2 rings (SSSR count). The van der Waals surface area contributed by atoms with Crippen LogP contribution in [0.2, 0.25) is 5.02 Å². The maximum absolute atomic E-state index is 12.1. The van der Waals surface area contributed by atoms with Gasteiger partial charge in [-0.25, -0.2) is 0 Å². The third-order valence-corrected chi connectivity index (χ3v) is 3.25. The number of nitrogens with one attached hydrogen (secondary N) is 1. The molecule has 0 atom stereocenters. The van der Waals surface area contributed by atoms with Crippen molar-refractivity contribution in [1.29, 1.82) is 0 Å². The fourth-order valence-electron chi connectivity index (χ4n) is 1.93. The fourth-order valence-corrected chi connectivity index (χ4v) is 2.16. The van der Waals surface area contributed by atoms with E-state index in [-0.39, 0.29) is 12.3 Å². The predicted octanol–water partition coefficient (Wildman–Crippen LogP) is 3.54. The molecule has 2 aromatic carbocycles. The lowest BCUT2D eigenvalue weighted by atomic mass is 10.1. The number of anilines is 1. The molecule has 0 aliphatic rings. The largest absolute Gasteiger partial charge is 0.495 e. The molecule has 0 heterocycles. The Labute approximate surface area is 128 Å². The number of rotatable bonds is 5. The van der Waals surface area contributed by atoms with Crippen LogP contribution >= 0.6 is 11.6 Å². The highest BCUT2D eigenvalue weighted by Gasteiger charge is 2.12. The fraction of sp³-hybridized carbons (Fsp3) is 0.188. The Morgan fingerprint density at radius 3 is 2.38 bits per heavy atom. The molecule has 0 saturated heterocycles. The molecule has 0 unspecified atom stereocenters. The first kappa shape index (κ1) is 15.2. The highest BCUT2D eigenvalue weighted by Crippen LogP contribution is 2.35. The molecule has 4 nitrogen and oxygen atoms in total. The van der Waals surface area contributed by atoms with Crippen LogP contribution in [0.1, 0.15) is 5.56 Å². The lowest BCUT2D eigenvalue weighted by Gasteiger charge is -2.13. The van der Waals surface area contributed by atoms with Crippen molar-refractivity contribution < 1.29 is 14.3 Å². The second-order valence-electron chi connectivity index (χ2n) is 4.40. The lowest BCUT2D eigenvalue weighted by Crippen LogP contribution is -2.15. The van der Waals surface area contributed by atoms with Gasteiger partial charge in [-0.3, -0.25) is 4.79 Å². The normalized spacial score (nSPS) is 10.0. The van der Waals surface area contributed by atoms with Gasteiger partial charge in [-0.1, -0.05) is 41.9 Å². The molecule has 2 aromatic rings. The molecular weight excluding hydrogens is 290 g/mol. The first-order chi connectivity index (χ1) is 10.1. The van der Waals surface area contributed by atoms with E-state index in [0.717, 1.165) is 5.56 Å². The zero-order chi connectivity index (χ0) is 15.2. The Bertz CT molecular complexity index is 629. The number of benzene rings is 2. The van der Waals surface area contributed by atoms with Crippen LogP contribution in [-0.4, -0.2) is 20.1 Å². The van der Waals surface area contributed by atoms with Gasteiger partial charge in [0, 0.05) is 12.1 Å². The number of hydrogen-bond donors (Lipinski definition) is 1. The Morgan fingerprint density at radius 1 is 1.10 bits per heavy atom. The van der Waals surface area contributed by atoms with E-state index in [9.17, 15) is 4.79 Å². The van der Waals surface area contributed by atoms with E-state index >= 15 is 0 Å². The van der Waals surface area contributed by atoms with Crippen molar-refractivity contribution in [3.8, 4) is 11.5 Å². The van der Waals surface area contributed by atoms with Crippen LogP contribution in [0.3, 0.4) is 0 Å². The number of methoxy groups -OCH3 is 2. The van der Waals surface area contributed by atoms with Crippen molar-refractivity contribution in [2.45, 2.75) is 6.42 Å². The third kappa shape index (κ3) is 3.89. The summed E-state index contributed by atoms with van der Waals surface area (Å²) in [4.78, 5) is 12.1. The van der Waals surface area contributed by atoms with E-state index in [1.54, 1.807) is 12.1 Å². The third-order valence-electron chi connectivity index (χ3n) is 2.96. The van der Waals surface area contributed by atoms with E-state index in [0.29, 0.717) is 22.2 Å². The number of amides is 1. The van der Waals surface area contributed by atoms with Crippen molar-refractivity contribution in [3.63, 3.8) is 0 Å². The Morgan fingerprint density at radius 2 is 1.76 bits per heavy atom. The second kappa shape index (κ2) is 6.99. The standard InChI is InChI=1S/C16H16ClNO3/c1-20-14-10-13(15(21-2)9-12(14)17)18-16(19)8-11-6-4-3-5-7-11/h3-7,9-10H,8H2,1-2H3,(H,18,19). The Hall–Kier alpha value is -2.20. The van der Waals surface area contributed by atoms with Gasteiger partial charge >= 0.3 is 0 Å². The van der Waals surface area contributed by atoms with Gasteiger partial charge in [0.05, 0.1) is 31.4 Å². The zero-order valence-electron chi connectivity index (χ0n) is 11.9. The van der Waals surface area contributed by atoms with E-state index in [1.807, 2.05) is 30.3 Å². The van der Waals surface area contributed by atoms with E-state index < -0.39 is 0 Å². The highest BCUT2D eigenvalue weighted by molar-refractivity contribution is 6.32. The first-order valence-corrected chi connectivity index (χ1v) is 6.77. The molecule has 110 valence electrons. The van der Waals surface area contributed by atoms with Crippen LogP contribution in [0.5, 0.6) is 11.5 Å². The minimum atomic E-state index is -0.135. The van der Waals surface area contributed by atoms with Gasteiger partial charge in [-0.05, 0) is 5.56 Å². The van der Waals surface area contributed by atoms with Crippen molar-refractivity contribution in [1.82, 2.24) is 0 Å². The molecule has 0 aliphatic carbocycles. The summed E-state index contributed by atoms with van der Waals surface area (Å²) in [5.74, 6) is 0.832. The number of halogens is 1. The van der Waals surface area contributed by atoms with Crippen LogP contribution in [0, 0.1) is 0 Å². The molecule has 0 aromatic heterocycles. The van der Waals surface area contributed by atoms with Gasteiger partial charge < -0.3 is 14.8 Å².